The van der Waals surface area contributed by atoms with Crippen LogP contribution in [-0.2, 0) is 9.47 Å². The largest absolute Gasteiger partial charge is 0.493 e. The Bertz CT molecular complexity index is 413. The van der Waals surface area contributed by atoms with Gasteiger partial charge in [-0.3, -0.25) is 4.90 Å². The minimum atomic E-state index is -0.168. The van der Waals surface area contributed by atoms with Crippen LogP contribution in [0, 0.1) is 11.8 Å². The molecular formula is C18H30FNO2. The van der Waals surface area contributed by atoms with E-state index in [1.165, 1.54) is 5.57 Å². The highest BCUT2D eigenvalue weighted by Gasteiger charge is 2.23. The SMILES string of the molecule is CCC(C)CC1=CC(F)=C(OCCN2CCOCC2)C(C)C1. The van der Waals surface area contributed by atoms with Crippen LogP contribution in [0.4, 0.5) is 4.39 Å². The summed E-state index contributed by atoms with van der Waals surface area (Å²) >= 11 is 0. The monoisotopic (exact) mass is 311 g/mol. The quantitative estimate of drug-likeness (QED) is 0.711. The second-order valence-electron chi connectivity index (χ2n) is 6.64. The molecule has 0 N–H and O–H groups in total. The van der Waals surface area contributed by atoms with Gasteiger partial charge in [-0.05, 0) is 24.8 Å². The Labute approximate surface area is 134 Å². The van der Waals surface area contributed by atoms with Crippen molar-refractivity contribution in [3.63, 3.8) is 0 Å². The molecule has 0 radical (unpaired) electrons. The van der Waals surface area contributed by atoms with E-state index in [-0.39, 0.29) is 11.7 Å². The Morgan fingerprint density at radius 3 is 2.77 bits per heavy atom. The third-order valence-electron chi connectivity index (χ3n) is 4.66. The van der Waals surface area contributed by atoms with Crippen molar-refractivity contribution in [3.05, 3.63) is 23.2 Å². The van der Waals surface area contributed by atoms with Gasteiger partial charge in [0.2, 0.25) is 0 Å². The Kier molecular flexibility index (Phi) is 6.90. The van der Waals surface area contributed by atoms with Crippen LogP contribution in [0.2, 0.25) is 0 Å². The van der Waals surface area contributed by atoms with E-state index in [2.05, 4.69) is 25.7 Å². The minimum Gasteiger partial charge on any atom is -0.493 e. The highest BCUT2D eigenvalue weighted by molar-refractivity contribution is 5.28. The van der Waals surface area contributed by atoms with Crippen molar-refractivity contribution in [2.45, 2.75) is 40.0 Å². The van der Waals surface area contributed by atoms with E-state index in [0.717, 1.165) is 52.1 Å². The lowest BCUT2D eigenvalue weighted by Gasteiger charge is -2.28. The average molecular weight is 311 g/mol. The highest BCUT2D eigenvalue weighted by atomic mass is 19.1. The summed E-state index contributed by atoms with van der Waals surface area (Å²) in [5, 5.41) is 0. The number of morpholine rings is 1. The van der Waals surface area contributed by atoms with Crippen LogP contribution in [0.25, 0.3) is 0 Å². The summed E-state index contributed by atoms with van der Waals surface area (Å²) in [7, 11) is 0. The van der Waals surface area contributed by atoms with Crippen LogP contribution in [-0.4, -0.2) is 44.4 Å². The molecule has 0 bridgehead atoms. The van der Waals surface area contributed by atoms with Gasteiger partial charge in [-0.1, -0.05) is 32.8 Å². The van der Waals surface area contributed by atoms with Crippen LogP contribution in [0.15, 0.2) is 23.2 Å². The molecule has 0 aromatic heterocycles. The molecule has 22 heavy (non-hydrogen) atoms. The number of ether oxygens (including phenoxy) is 2. The van der Waals surface area contributed by atoms with Crippen LogP contribution < -0.4 is 0 Å². The molecule has 1 aliphatic heterocycles. The van der Waals surface area contributed by atoms with Crippen LogP contribution in [0.1, 0.15) is 40.0 Å². The first-order valence-corrected chi connectivity index (χ1v) is 8.62. The summed E-state index contributed by atoms with van der Waals surface area (Å²) in [6, 6.07) is 0. The molecule has 2 aliphatic rings. The molecule has 1 saturated heterocycles. The van der Waals surface area contributed by atoms with E-state index >= 15 is 0 Å². The lowest BCUT2D eigenvalue weighted by atomic mass is 9.87. The number of rotatable bonds is 7. The summed E-state index contributed by atoms with van der Waals surface area (Å²) in [5.41, 5.74) is 1.22. The molecule has 3 nitrogen and oxygen atoms in total. The summed E-state index contributed by atoms with van der Waals surface area (Å²) < 4.78 is 25.4. The fourth-order valence-electron chi connectivity index (χ4n) is 3.09. The Balaban J connectivity index is 1.84. The lowest BCUT2D eigenvalue weighted by molar-refractivity contribution is 0.0252. The number of allylic oxidation sites excluding steroid dienone is 4. The first-order chi connectivity index (χ1) is 10.6. The maximum atomic E-state index is 14.3. The van der Waals surface area contributed by atoms with Crippen molar-refractivity contribution in [1.29, 1.82) is 0 Å². The van der Waals surface area contributed by atoms with E-state index in [4.69, 9.17) is 9.47 Å². The molecule has 2 unspecified atom stereocenters. The number of hydrogen-bond acceptors (Lipinski definition) is 3. The first kappa shape index (κ1) is 17.5. The molecule has 4 heteroatoms. The van der Waals surface area contributed by atoms with E-state index in [1.807, 2.05) is 0 Å². The van der Waals surface area contributed by atoms with Gasteiger partial charge in [0.05, 0.1) is 13.2 Å². The van der Waals surface area contributed by atoms with Gasteiger partial charge in [0.15, 0.2) is 5.83 Å². The Morgan fingerprint density at radius 2 is 2.14 bits per heavy atom. The van der Waals surface area contributed by atoms with Crippen LogP contribution in [0.3, 0.4) is 0 Å². The van der Waals surface area contributed by atoms with Gasteiger partial charge >= 0.3 is 0 Å². The predicted octanol–water partition coefficient (Wildman–Crippen LogP) is 3.92. The number of nitrogens with zero attached hydrogens (tertiary/aromatic N) is 1. The molecule has 0 spiro atoms. The smallest absolute Gasteiger partial charge is 0.161 e. The van der Waals surface area contributed by atoms with Crippen molar-refractivity contribution < 1.29 is 13.9 Å². The van der Waals surface area contributed by atoms with E-state index in [9.17, 15) is 4.39 Å². The first-order valence-electron chi connectivity index (χ1n) is 8.62. The van der Waals surface area contributed by atoms with E-state index < -0.39 is 0 Å². The summed E-state index contributed by atoms with van der Waals surface area (Å²) in [5.74, 6) is 1.14. The zero-order valence-electron chi connectivity index (χ0n) is 14.2. The fraction of sp³-hybridized carbons (Fsp3) is 0.778. The predicted molar refractivity (Wildman–Crippen MR) is 87.3 cm³/mol. The molecule has 0 aromatic rings. The van der Waals surface area contributed by atoms with Crippen molar-refractivity contribution in [2.75, 3.05) is 39.5 Å². The molecule has 1 heterocycles. The topological polar surface area (TPSA) is 21.7 Å². The standard InChI is InChI=1S/C18H30FNO2/c1-4-14(2)11-16-12-15(3)18(17(19)13-16)22-10-7-20-5-8-21-9-6-20/h13-15H,4-12H2,1-3H3. The maximum absolute atomic E-state index is 14.3. The van der Waals surface area contributed by atoms with Crippen molar-refractivity contribution in [1.82, 2.24) is 4.90 Å². The lowest BCUT2D eigenvalue weighted by Crippen LogP contribution is -2.38. The molecule has 1 aliphatic carbocycles. The molecule has 0 saturated carbocycles. The summed E-state index contributed by atoms with van der Waals surface area (Å²) in [4.78, 5) is 2.31. The molecule has 126 valence electrons. The third-order valence-corrected chi connectivity index (χ3v) is 4.66. The van der Waals surface area contributed by atoms with E-state index in [1.54, 1.807) is 6.08 Å². The molecule has 0 amide bonds. The maximum Gasteiger partial charge on any atom is 0.161 e. The number of halogens is 1. The molecule has 2 rings (SSSR count). The van der Waals surface area contributed by atoms with Crippen LogP contribution >= 0.6 is 0 Å². The second-order valence-corrected chi connectivity index (χ2v) is 6.64. The average Bonchev–Trinajstić information content (AvgIpc) is 2.51. The highest BCUT2D eigenvalue weighted by Crippen LogP contribution is 2.34. The zero-order chi connectivity index (χ0) is 15.9. The molecular weight excluding hydrogens is 281 g/mol. The third kappa shape index (κ3) is 5.10. The van der Waals surface area contributed by atoms with E-state index in [0.29, 0.717) is 18.3 Å². The minimum absolute atomic E-state index is 0.147. The second kappa shape index (κ2) is 8.68. The molecule has 1 fully saturated rings. The molecule has 0 aromatic carbocycles. The van der Waals surface area contributed by atoms with Gasteiger partial charge in [0.25, 0.3) is 0 Å². The van der Waals surface area contributed by atoms with Crippen molar-refractivity contribution in [3.8, 4) is 0 Å². The Morgan fingerprint density at radius 1 is 1.41 bits per heavy atom. The summed E-state index contributed by atoms with van der Waals surface area (Å²) in [6.45, 7) is 11.3. The van der Waals surface area contributed by atoms with Crippen LogP contribution in [0.5, 0.6) is 0 Å². The van der Waals surface area contributed by atoms with Crippen molar-refractivity contribution in [2.24, 2.45) is 11.8 Å². The van der Waals surface area contributed by atoms with Gasteiger partial charge in [0, 0.05) is 25.6 Å². The van der Waals surface area contributed by atoms with Gasteiger partial charge in [0.1, 0.15) is 12.4 Å². The van der Waals surface area contributed by atoms with Crippen molar-refractivity contribution >= 4 is 0 Å². The normalized spacial score (nSPS) is 25.1. The number of hydrogen-bond donors (Lipinski definition) is 0. The molecule has 2 atom stereocenters. The zero-order valence-corrected chi connectivity index (χ0v) is 14.2. The van der Waals surface area contributed by atoms with Gasteiger partial charge in [-0.15, -0.1) is 0 Å². The van der Waals surface area contributed by atoms with Gasteiger partial charge < -0.3 is 9.47 Å². The van der Waals surface area contributed by atoms with Gasteiger partial charge in [-0.2, -0.15) is 0 Å². The summed E-state index contributed by atoms with van der Waals surface area (Å²) in [6.07, 6.45) is 4.76. The van der Waals surface area contributed by atoms with Gasteiger partial charge in [-0.25, -0.2) is 4.39 Å². The fourth-order valence-corrected chi connectivity index (χ4v) is 3.09. The Hall–Kier alpha value is -0.870.